The molecule has 0 heterocycles. The fourth-order valence-electron chi connectivity index (χ4n) is 1.56. The Bertz CT molecular complexity index is 247. The summed E-state index contributed by atoms with van der Waals surface area (Å²) in [5.41, 5.74) is 0. The molecule has 0 saturated heterocycles. The number of carbonyl (C=O) groups excluding carboxylic acids is 1. The first kappa shape index (κ1) is 18.2. The average molecular weight is 285 g/mol. The molecule has 1 amide bonds. The number of nitrogens with zero attached hydrogens (tertiary/aromatic N) is 1. The topological polar surface area (TPSA) is 49.8 Å². The minimum Gasteiger partial charge on any atom is -0.396 e. The van der Waals surface area contributed by atoms with Gasteiger partial charge in [-0.1, -0.05) is 0 Å². The lowest BCUT2D eigenvalue weighted by Gasteiger charge is -2.24. The second-order valence-corrected chi connectivity index (χ2v) is 4.16. The molecule has 0 aliphatic rings. The molecule has 0 aromatic heterocycles. The zero-order valence-electron chi connectivity index (χ0n) is 11.2. The van der Waals surface area contributed by atoms with Crippen LogP contribution in [0.3, 0.4) is 0 Å². The van der Waals surface area contributed by atoms with E-state index >= 15 is 0 Å². The highest BCUT2D eigenvalue weighted by Gasteiger charge is 2.32. The number of rotatable bonds is 10. The van der Waals surface area contributed by atoms with E-state index in [4.69, 9.17) is 9.84 Å². The van der Waals surface area contributed by atoms with Crippen molar-refractivity contribution in [3.8, 4) is 0 Å². The van der Waals surface area contributed by atoms with Gasteiger partial charge in [0, 0.05) is 32.8 Å². The van der Waals surface area contributed by atoms with Crippen molar-refractivity contribution in [3.63, 3.8) is 0 Å². The van der Waals surface area contributed by atoms with Gasteiger partial charge < -0.3 is 14.7 Å². The Morgan fingerprint density at radius 3 is 2.47 bits per heavy atom. The molecule has 0 radical (unpaired) electrons. The van der Waals surface area contributed by atoms with E-state index in [9.17, 15) is 18.0 Å². The van der Waals surface area contributed by atoms with Crippen LogP contribution in [0.4, 0.5) is 13.2 Å². The van der Waals surface area contributed by atoms with Crippen molar-refractivity contribution in [2.24, 2.45) is 0 Å². The number of carbonyl (C=O) groups is 1. The van der Waals surface area contributed by atoms with Crippen molar-refractivity contribution in [1.29, 1.82) is 0 Å². The highest BCUT2D eigenvalue weighted by atomic mass is 19.4. The number of hydrogen-bond acceptors (Lipinski definition) is 3. The van der Waals surface area contributed by atoms with Crippen molar-refractivity contribution in [2.45, 2.75) is 38.8 Å². The Hall–Kier alpha value is -0.820. The first-order chi connectivity index (χ1) is 8.90. The first-order valence-electron chi connectivity index (χ1n) is 6.43. The smallest absolute Gasteiger partial charge is 0.396 e. The van der Waals surface area contributed by atoms with Gasteiger partial charge in [-0.05, 0) is 26.2 Å². The minimum absolute atomic E-state index is 0.0330. The van der Waals surface area contributed by atoms with Crippen LogP contribution < -0.4 is 0 Å². The third kappa shape index (κ3) is 10.8. The summed E-state index contributed by atoms with van der Waals surface area (Å²) in [5.74, 6) is -0.526. The lowest BCUT2D eigenvalue weighted by molar-refractivity contribution is -0.161. The van der Waals surface area contributed by atoms with Gasteiger partial charge in [0.2, 0.25) is 5.91 Å². The van der Waals surface area contributed by atoms with Gasteiger partial charge in [-0.25, -0.2) is 0 Å². The summed E-state index contributed by atoms with van der Waals surface area (Å²) in [6.07, 6.45) is -3.15. The Morgan fingerprint density at radius 1 is 1.26 bits per heavy atom. The minimum atomic E-state index is -4.39. The van der Waals surface area contributed by atoms with Gasteiger partial charge in [0.25, 0.3) is 0 Å². The Labute approximate surface area is 111 Å². The molecule has 114 valence electrons. The molecular weight excluding hydrogens is 263 g/mol. The predicted molar refractivity (Wildman–Crippen MR) is 64.7 cm³/mol. The van der Waals surface area contributed by atoms with E-state index in [1.807, 2.05) is 0 Å². The van der Waals surface area contributed by atoms with Crippen LogP contribution in [0.15, 0.2) is 0 Å². The fraction of sp³-hybridized carbons (Fsp3) is 0.917. The van der Waals surface area contributed by atoms with E-state index in [-0.39, 0.29) is 19.6 Å². The number of unbranched alkanes of at least 4 members (excludes halogenated alkanes) is 1. The number of aliphatic hydroxyl groups is 1. The number of ether oxygens (including phenoxy) is 1. The van der Waals surface area contributed by atoms with Crippen LogP contribution in [-0.4, -0.2) is 55.0 Å². The molecule has 0 rings (SSSR count). The normalized spacial score (nSPS) is 11.6. The second-order valence-electron chi connectivity index (χ2n) is 4.16. The molecule has 0 aliphatic carbocycles. The highest BCUT2D eigenvalue weighted by molar-refractivity contribution is 5.76. The van der Waals surface area contributed by atoms with Gasteiger partial charge in [0.1, 0.15) is 6.54 Å². The van der Waals surface area contributed by atoms with Gasteiger partial charge in [-0.3, -0.25) is 4.79 Å². The van der Waals surface area contributed by atoms with Gasteiger partial charge in [-0.15, -0.1) is 0 Å². The van der Waals surface area contributed by atoms with E-state index in [1.165, 1.54) is 0 Å². The summed E-state index contributed by atoms with van der Waals surface area (Å²) in [6.45, 7) is 1.40. The summed E-state index contributed by atoms with van der Waals surface area (Å²) in [6, 6.07) is 0. The van der Waals surface area contributed by atoms with Crippen LogP contribution in [0.5, 0.6) is 0 Å². The zero-order chi connectivity index (χ0) is 14.7. The van der Waals surface area contributed by atoms with Crippen molar-refractivity contribution in [1.82, 2.24) is 4.90 Å². The molecule has 19 heavy (non-hydrogen) atoms. The zero-order valence-corrected chi connectivity index (χ0v) is 11.2. The summed E-state index contributed by atoms with van der Waals surface area (Å²) in [5, 5.41) is 8.58. The maximum Gasteiger partial charge on any atom is 0.406 e. The molecule has 0 atom stereocenters. The van der Waals surface area contributed by atoms with E-state index < -0.39 is 18.6 Å². The maximum atomic E-state index is 12.4. The number of hydrogen-bond donors (Lipinski definition) is 1. The lowest BCUT2D eigenvalue weighted by atomic mass is 10.2. The molecule has 4 nitrogen and oxygen atoms in total. The molecule has 0 aliphatic heterocycles. The molecule has 0 aromatic rings. The summed E-state index contributed by atoms with van der Waals surface area (Å²) in [7, 11) is 0. The third-order valence-electron chi connectivity index (χ3n) is 2.44. The van der Waals surface area contributed by atoms with Crippen LogP contribution >= 0.6 is 0 Å². The van der Waals surface area contributed by atoms with Crippen molar-refractivity contribution in [3.05, 3.63) is 0 Å². The first-order valence-corrected chi connectivity index (χ1v) is 6.43. The molecule has 0 fully saturated rings. The number of aliphatic hydroxyl groups excluding tert-OH is 1. The predicted octanol–water partition coefficient (Wildman–Crippen LogP) is 1.97. The summed E-state index contributed by atoms with van der Waals surface area (Å²) in [4.78, 5) is 12.5. The lowest BCUT2D eigenvalue weighted by Crippen LogP contribution is -2.39. The Morgan fingerprint density at radius 2 is 1.95 bits per heavy atom. The van der Waals surface area contributed by atoms with E-state index in [2.05, 4.69) is 0 Å². The van der Waals surface area contributed by atoms with Crippen LogP contribution in [0.1, 0.15) is 32.6 Å². The van der Waals surface area contributed by atoms with Gasteiger partial charge in [-0.2, -0.15) is 13.2 Å². The van der Waals surface area contributed by atoms with Gasteiger partial charge in [0.15, 0.2) is 0 Å². The third-order valence-corrected chi connectivity index (χ3v) is 2.44. The molecule has 7 heteroatoms. The van der Waals surface area contributed by atoms with Gasteiger partial charge >= 0.3 is 6.18 Å². The molecule has 0 spiro atoms. The average Bonchev–Trinajstić information content (AvgIpc) is 2.32. The fourth-order valence-corrected chi connectivity index (χ4v) is 1.56. The molecule has 0 aromatic carbocycles. The second kappa shape index (κ2) is 10.0. The summed E-state index contributed by atoms with van der Waals surface area (Å²) < 4.78 is 42.1. The van der Waals surface area contributed by atoms with Crippen molar-refractivity contribution < 1.29 is 27.8 Å². The van der Waals surface area contributed by atoms with Crippen molar-refractivity contribution in [2.75, 3.05) is 32.9 Å². The van der Waals surface area contributed by atoms with Crippen LogP contribution in [0.25, 0.3) is 0 Å². The van der Waals surface area contributed by atoms with E-state index in [0.717, 1.165) is 4.90 Å². The number of halogens is 3. The number of alkyl halides is 3. The van der Waals surface area contributed by atoms with Crippen LogP contribution in [-0.2, 0) is 9.53 Å². The molecular formula is C12H22F3NO3. The Balaban J connectivity index is 4.19. The SMILES string of the molecule is CCOCCCN(CC(F)(F)F)C(=O)CCCCO. The summed E-state index contributed by atoms with van der Waals surface area (Å²) >= 11 is 0. The molecule has 1 N–H and O–H groups in total. The van der Waals surface area contributed by atoms with E-state index in [0.29, 0.717) is 32.5 Å². The molecule has 0 bridgehead atoms. The largest absolute Gasteiger partial charge is 0.406 e. The van der Waals surface area contributed by atoms with E-state index in [1.54, 1.807) is 6.92 Å². The van der Waals surface area contributed by atoms with Gasteiger partial charge in [0.05, 0.1) is 0 Å². The Kier molecular flexibility index (Phi) is 9.59. The quantitative estimate of drug-likeness (QED) is 0.624. The van der Waals surface area contributed by atoms with Crippen LogP contribution in [0, 0.1) is 0 Å². The molecule has 0 saturated carbocycles. The van der Waals surface area contributed by atoms with Crippen LogP contribution in [0.2, 0.25) is 0 Å². The standard InChI is InChI=1S/C12H22F3NO3/c1-2-19-9-5-7-16(10-12(13,14)15)11(18)6-3-4-8-17/h17H,2-10H2,1H3. The monoisotopic (exact) mass is 285 g/mol. The maximum absolute atomic E-state index is 12.4. The molecule has 0 unspecified atom stereocenters. The van der Waals surface area contributed by atoms with Crippen molar-refractivity contribution >= 4 is 5.91 Å². The highest BCUT2D eigenvalue weighted by Crippen LogP contribution is 2.17. The number of amides is 1.